The van der Waals surface area contributed by atoms with Crippen LogP contribution in [0.5, 0.6) is 0 Å². The van der Waals surface area contributed by atoms with E-state index in [1.807, 2.05) is 23.5 Å². The minimum absolute atomic E-state index is 0.0879. The zero-order valence-electron chi connectivity index (χ0n) is 16.4. The molecule has 1 N–H and O–H groups in total. The fourth-order valence-corrected chi connectivity index (χ4v) is 7.82. The predicted octanol–water partition coefficient (Wildman–Crippen LogP) is 5.91. The summed E-state index contributed by atoms with van der Waals surface area (Å²) in [6, 6.07) is 32.5. The Morgan fingerprint density at radius 3 is 2.21 bits per heavy atom. The van der Waals surface area contributed by atoms with Crippen LogP contribution in [0.1, 0.15) is 29.7 Å². The SMILES string of the molecule is C[C@@]1(Cc2ccccc2)N=C(c2ccccc2)S[C@]12SCN[C@H]2c1ccccc1. The molecular formula is C25H24N2S2. The van der Waals surface area contributed by atoms with Crippen molar-refractivity contribution < 1.29 is 0 Å². The molecule has 4 heteroatoms. The van der Waals surface area contributed by atoms with Crippen molar-refractivity contribution in [3.63, 3.8) is 0 Å². The lowest BCUT2D eigenvalue weighted by molar-refractivity contribution is 0.375. The molecule has 0 unspecified atom stereocenters. The minimum atomic E-state index is -0.223. The van der Waals surface area contributed by atoms with Gasteiger partial charge < -0.3 is 0 Å². The van der Waals surface area contributed by atoms with Crippen molar-refractivity contribution in [2.24, 2.45) is 4.99 Å². The third-order valence-corrected chi connectivity index (χ3v) is 9.36. The largest absolute Gasteiger partial charge is 0.299 e. The second kappa shape index (κ2) is 7.67. The summed E-state index contributed by atoms with van der Waals surface area (Å²) in [5.74, 6) is 0.939. The van der Waals surface area contributed by atoms with Gasteiger partial charge in [0.1, 0.15) is 4.08 Å². The quantitative estimate of drug-likeness (QED) is 0.572. The molecule has 0 radical (unpaired) electrons. The summed E-state index contributed by atoms with van der Waals surface area (Å²) in [5, 5.41) is 4.94. The van der Waals surface area contributed by atoms with Crippen LogP contribution < -0.4 is 5.32 Å². The van der Waals surface area contributed by atoms with Gasteiger partial charge in [-0.05, 0) is 24.5 Å². The standard InChI is InChI=1S/C25H24N2S2/c1-24(17-19-11-5-2-6-12-19)25(29-23(27-24)21-15-9-4-10-16-21)22(26-18-28-25)20-13-7-3-8-14-20/h2-16,22,26H,17-18H2,1H3/t22-,24-,25-/m0/s1. The smallest absolute Gasteiger partial charge is 0.113 e. The summed E-state index contributed by atoms with van der Waals surface area (Å²) in [5.41, 5.74) is 3.67. The van der Waals surface area contributed by atoms with E-state index in [9.17, 15) is 0 Å². The van der Waals surface area contributed by atoms with Crippen LogP contribution >= 0.6 is 23.5 Å². The van der Waals surface area contributed by atoms with Crippen molar-refractivity contribution in [1.82, 2.24) is 5.32 Å². The number of nitrogens with zero attached hydrogens (tertiary/aromatic N) is 1. The highest BCUT2D eigenvalue weighted by atomic mass is 32.2. The molecule has 1 fully saturated rings. The van der Waals surface area contributed by atoms with Crippen LogP contribution in [0, 0.1) is 0 Å². The molecule has 1 spiro atoms. The van der Waals surface area contributed by atoms with Gasteiger partial charge in [0.15, 0.2) is 0 Å². The highest BCUT2D eigenvalue weighted by Gasteiger charge is 2.61. The van der Waals surface area contributed by atoms with Crippen LogP contribution in [0.15, 0.2) is 96.0 Å². The van der Waals surface area contributed by atoms with Gasteiger partial charge in [-0.3, -0.25) is 10.3 Å². The van der Waals surface area contributed by atoms with Crippen molar-refractivity contribution >= 4 is 28.6 Å². The van der Waals surface area contributed by atoms with Crippen molar-refractivity contribution in [3.05, 3.63) is 108 Å². The molecule has 5 rings (SSSR count). The summed E-state index contributed by atoms with van der Waals surface area (Å²) in [6.45, 7) is 2.35. The van der Waals surface area contributed by atoms with E-state index >= 15 is 0 Å². The molecule has 2 aliphatic rings. The molecule has 0 amide bonds. The second-order valence-electron chi connectivity index (χ2n) is 7.83. The van der Waals surface area contributed by atoms with Crippen molar-refractivity contribution in [3.8, 4) is 0 Å². The third kappa shape index (κ3) is 3.33. The first kappa shape index (κ1) is 19.0. The zero-order chi connectivity index (χ0) is 19.7. The van der Waals surface area contributed by atoms with Crippen molar-refractivity contribution in [1.29, 1.82) is 0 Å². The van der Waals surface area contributed by atoms with Crippen LogP contribution in [-0.4, -0.2) is 20.5 Å². The average Bonchev–Trinajstić information content (AvgIpc) is 3.32. The van der Waals surface area contributed by atoms with Gasteiger partial charge in [-0.25, -0.2) is 0 Å². The molecule has 2 heterocycles. The average molecular weight is 417 g/mol. The van der Waals surface area contributed by atoms with Gasteiger partial charge in [0, 0.05) is 11.4 Å². The molecule has 0 aliphatic carbocycles. The van der Waals surface area contributed by atoms with E-state index in [1.165, 1.54) is 16.7 Å². The maximum absolute atomic E-state index is 5.42. The normalized spacial score (nSPS) is 28.6. The lowest BCUT2D eigenvalue weighted by Gasteiger charge is -2.41. The molecule has 3 aromatic rings. The molecule has 0 aromatic heterocycles. The molecule has 1 saturated heterocycles. The molecule has 0 saturated carbocycles. The summed E-state index contributed by atoms with van der Waals surface area (Å²) in [7, 11) is 0. The van der Waals surface area contributed by atoms with Crippen LogP contribution in [0.2, 0.25) is 0 Å². The molecule has 3 aromatic carbocycles. The number of thioether (sulfide) groups is 2. The van der Waals surface area contributed by atoms with Gasteiger partial charge in [-0.2, -0.15) is 0 Å². The molecule has 146 valence electrons. The topological polar surface area (TPSA) is 24.4 Å². The number of hydrogen-bond donors (Lipinski definition) is 1. The summed E-state index contributed by atoms with van der Waals surface area (Å²) < 4.78 is -0.0879. The van der Waals surface area contributed by atoms with Gasteiger partial charge >= 0.3 is 0 Å². The Hall–Kier alpha value is -2.01. The number of rotatable bonds is 4. The van der Waals surface area contributed by atoms with Crippen molar-refractivity contribution in [2.45, 2.75) is 29.0 Å². The predicted molar refractivity (Wildman–Crippen MR) is 127 cm³/mol. The summed E-state index contributed by atoms with van der Waals surface area (Å²) in [6.07, 6.45) is 0.926. The highest BCUT2D eigenvalue weighted by Crippen LogP contribution is 2.63. The van der Waals surface area contributed by atoms with E-state index < -0.39 is 0 Å². The molecule has 0 bridgehead atoms. The Labute approximate surface area is 181 Å². The van der Waals surface area contributed by atoms with E-state index in [0.717, 1.165) is 17.3 Å². The number of nitrogens with one attached hydrogen (secondary N) is 1. The summed E-state index contributed by atoms with van der Waals surface area (Å²) in [4.78, 5) is 5.42. The molecule has 2 aliphatic heterocycles. The minimum Gasteiger partial charge on any atom is -0.299 e. The van der Waals surface area contributed by atoms with Crippen molar-refractivity contribution in [2.75, 3.05) is 5.88 Å². The molecule has 2 nitrogen and oxygen atoms in total. The zero-order valence-corrected chi connectivity index (χ0v) is 18.0. The maximum atomic E-state index is 5.42. The lowest BCUT2D eigenvalue weighted by atomic mass is 9.83. The van der Waals surface area contributed by atoms with E-state index in [2.05, 4.69) is 103 Å². The van der Waals surface area contributed by atoms with Gasteiger partial charge in [-0.15, -0.1) is 11.8 Å². The first-order chi connectivity index (χ1) is 14.2. The number of benzene rings is 3. The van der Waals surface area contributed by atoms with Gasteiger partial charge in [-0.1, -0.05) is 103 Å². The monoisotopic (exact) mass is 416 g/mol. The molecule has 3 atom stereocenters. The fraction of sp³-hybridized carbons (Fsp3) is 0.240. The lowest BCUT2D eigenvalue weighted by Crippen LogP contribution is -2.48. The van der Waals surface area contributed by atoms with Crippen LogP contribution in [0.25, 0.3) is 0 Å². The van der Waals surface area contributed by atoms with Crippen LogP contribution in [0.4, 0.5) is 0 Å². The Bertz CT molecular complexity index is 1010. The Morgan fingerprint density at radius 2 is 1.52 bits per heavy atom. The first-order valence-electron chi connectivity index (χ1n) is 10.0. The molecule has 29 heavy (non-hydrogen) atoms. The maximum Gasteiger partial charge on any atom is 0.113 e. The first-order valence-corrected chi connectivity index (χ1v) is 11.8. The van der Waals surface area contributed by atoms with E-state index in [1.54, 1.807) is 0 Å². The Kier molecular flexibility index (Phi) is 5.02. The Balaban J connectivity index is 1.61. The van der Waals surface area contributed by atoms with Gasteiger partial charge in [0.05, 0.1) is 16.6 Å². The number of aliphatic imine (C=N–C) groups is 1. The highest BCUT2D eigenvalue weighted by molar-refractivity contribution is 8.27. The second-order valence-corrected chi connectivity index (χ2v) is 10.5. The number of hydrogen-bond acceptors (Lipinski definition) is 4. The van der Waals surface area contributed by atoms with Gasteiger partial charge in [0.25, 0.3) is 0 Å². The van der Waals surface area contributed by atoms with Crippen LogP contribution in [-0.2, 0) is 6.42 Å². The fourth-order valence-electron chi connectivity index (χ4n) is 4.43. The van der Waals surface area contributed by atoms with E-state index in [0.29, 0.717) is 0 Å². The Morgan fingerprint density at radius 1 is 0.897 bits per heavy atom. The summed E-state index contributed by atoms with van der Waals surface area (Å²) >= 11 is 3.97. The molecular weight excluding hydrogens is 392 g/mol. The van der Waals surface area contributed by atoms with E-state index in [4.69, 9.17) is 4.99 Å². The third-order valence-electron chi connectivity index (χ3n) is 5.85. The van der Waals surface area contributed by atoms with Gasteiger partial charge in [0.2, 0.25) is 0 Å². The van der Waals surface area contributed by atoms with E-state index in [-0.39, 0.29) is 15.7 Å². The van der Waals surface area contributed by atoms with Crippen LogP contribution in [0.3, 0.4) is 0 Å².